The minimum absolute atomic E-state index is 0.117. The Morgan fingerprint density at radius 2 is 2.10 bits per heavy atom. The Hall–Kier alpha value is -1.60. The van der Waals surface area contributed by atoms with Crippen LogP contribution < -0.4 is 5.32 Å². The van der Waals surface area contributed by atoms with Gasteiger partial charge in [-0.3, -0.25) is 14.9 Å². The van der Waals surface area contributed by atoms with Crippen LogP contribution in [0, 0.1) is 10.1 Å². The molecule has 0 unspecified atom stereocenters. The normalized spacial score (nSPS) is 16.0. The molecule has 7 heteroatoms. The number of nitrogens with one attached hydrogen (secondary N) is 1. The Bertz CT molecular complexity index is 542. The van der Waals surface area contributed by atoms with E-state index in [-0.39, 0.29) is 17.2 Å². The van der Waals surface area contributed by atoms with E-state index < -0.39 is 4.92 Å². The van der Waals surface area contributed by atoms with Gasteiger partial charge in [-0.1, -0.05) is 0 Å². The van der Waals surface area contributed by atoms with Gasteiger partial charge in [0.1, 0.15) is 5.56 Å². The summed E-state index contributed by atoms with van der Waals surface area (Å²) in [4.78, 5) is 25.8. The van der Waals surface area contributed by atoms with Gasteiger partial charge in [-0.2, -0.15) is 0 Å². The average Bonchev–Trinajstić information content (AvgIpc) is 2.53. The second kappa shape index (κ2) is 6.91. The first kappa shape index (κ1) is 15.8. The number of hydrogen-bond acceptors (Lipinski definition) is 5. The van der Waals surface area contributed by atoms with Crippen LogP contribution in [0.5, 0.6) is 0 Å². The zero-order chi connectivity index (χ0) is 15.4. The number of amides is 1. The van der Waals surface area contributed by atoms with Gasteiger partial charge in [-0.05, 0) is 38.3 Å². The minimum atomic E-state index is -0.488. The molecule has 1 aromatic carbocycles. The number of piperidine rings is 1. The van der Waals surface area contributed by atoms with Crippen LogP contribution in [0.1, 0.15) is 23.2 Å². The number of benzene rings is 1. The third kappa shape index (κ3) is 3.54. The molecule has 1 N–H and O–H groups in total. The zero-order valence-corrected chi connectivity index (χ0v) is 13.0. The maximum atomic E-state index is 12.6. The van der Waals surface area contributed by atoms with E-state index in [1.54, 1.807) is 17.0 Å². The van der Waals surface area contributed by atoms with Crippen LogP contribution in [0.2, 0.25) is 0 Å². The van der Waals surface area contributed by atoms with Crippen LogP contribution in [0.4, 0.5) is 5.69 Å². The molecule has 0 spiro atoms. The summed E-state index contributed by atoms with van der Waals surface area (Å²) >= 11 is 1.47. The number of rotatable bonds is 4. The predicted octanol–water partition coefficient (Wildman–Crippen LogP) is 2.14. The number of carbonyl (C=O) groups is 1. The molecule has 21 heavy (non-hydrogen) atoms. The van der Waals surface area contributed by atoms with E-state index in [1.807, 2.05) is 13.3 Å². The predicted molar refractivity (Wildman–Crippen MR) is 82.9 cm³/mol. The second-order valence-electron chi connectivity index (χ2n) is 5.00. The molecule has 0 aliphatic carbocycles. The third-order valence-corrected chi connectivity index (χ3v) is 4.55. The molecule has 1 aliphatic rings. The van der Waals surface area contributed by atoms with Crippen LogP contribution >= 0.6 is 11.8 Å². The van der Waals surface area contributed by atoms with Crippen LogP contribution in [-0.2, 0) is 0 Å². The number of thioether (sulfide) groups is 1. The lowest BCUT2D eigenvalue weighted by Gasteiger charge is -2.31. The fourth-order valence-corrected chi connectivity index (χ4v) is 2.95. The highest BCUT2D eigenvalue weighted by Gasteiger charge is 2.28. The minimum Gasteiger partial charge on any atom is -0.338 e. The van der Waals surface area contributed by atoms with Gasteiger partial charge in [-0.15, -0.1) is 11.8 Å². The molecule has 114 valence electrons. The molecular formula is C14H19N3O3S. The third-order valence-electron chi connectivity index (χ3n) is 3.82. The van der Waals surface area contributed by atoms with Crippen LogP contribution in [0.15, 0.2) is 23.1 Å². The van der Waals surface area contributed by atoms with E-state index in [0.29, 0.717) is 19.1 Å². The highest BCUT2D eigenvalue weighted by atomic mass is 32.2. The maximum absolute atomic E-state index is 12.6. The number of nitro groups is 1. The molecule has 0 aromatic heterocycles. The van der Waals surface area contributed by atoms with E-state index in [2.05, 4.69) is 5.32 Å². The van der Waals surface area contributed by atoms with Gasteiger partial charge < -0.3 is 10.2 Å². The van der Waals surface area contributed by atoms with Crippen molar-refractivity contribution in [3.8, 4) is 0 Å². The molecular weight excluding hydrogens is 290 g/mol. The van der Waals surface area contributed by atoms with Crippen molar-refractivity contribution in [2.75, 3.05) is 26.4 Å². The van der Waals surface area contributed by atoms with Crippen molar-refractivity contribution in [2.45, 2.75) is 23.8 Å². The fraction of sp³-hybridized carbons (Fsp3) is 0.500. The van der Waals surface area contributed by atoms with Crippen molar-refractivity contribution in [1.29, 1.82) is 0 Å². The molecule has 0 saturated carbocycles. The van der Waals surface area contributed by atoms with Crippen LogP contribution in [0.25, 0.3) is 0 Å². The lowest BCUT2D eigenvalue weighted by molar-refractivity contribution is -0.385. The van der Waals surface area contributed by atoms with Crippen molar-refractivity contribution in [1.82, 2.24) is 10.2 Å². The van der Waals surface area contributed by atoms with Gasteiger partial charge >= 0.3 is 0 Å². The number of nitrogens with zero attached hydrogens (tertiary/aromatic N) is 2. The van der Waals surface area contributed by atoms with E-state index >= 15 is 0 Å². The van der Waals surface area contributed by atoms with E-state index in [4.69, 9.17) is 0 Å². The molecule has 1 fully saturated rings. The van der Waals surface area contributed by atoms with Crippen molar-refractivity contribution in [3.05, 3.63) is 33.9 Å². The van der Waals surface area contributed by atoms with Crippen LogP contribution in [0.3, 0.4) is 0 Å². The molecule has 0 radical (unpaired) electrons. The monoisotopic (exact) mass is 309 g/mol. The summed E-state index contributed by atoms with van der Waals surface area (Å²) in [6, 6.07) is 5.13. The Morgan fingerprint density at radius 1 is 1.43 bits per heavy atom. The topological polar surface area (TPSA) is 75.5 Å². The quantitative estimate of drug-likeness (QED) is 0.524. The summed E-state index contributed by atoms with van der Waals surface area (Å²) in [7, 11) is 1.91. The standard InChI is InChI=1S/C14H19N3O3S/c1-15-10-5-7-16(8-6-10)14(18)12-9-11(21-2)3-4-13(12)17(19)20/h3-4,9-10,15H,5-8H2,1-2H3. The lowest BCUT2D eigenvalue weighted by Crippen LogP contribution is -2.44. The molecule has 1 saturated heterocycles. The number of hydrogen-bond donors (Lipinski definition) is 1. The van der Waals surface area contributed by atoms with Gasteiger partial charge in [-0.25, -0.2) is 0 Å². The Labute approximate surface area is 128 Å². The SMILES string of the molecule is CNC1CCN(C(=O)c2cc(SC)ccc2[N+](=O)[O-])CC1. The number of carbonyl (C=O) groups excluding carboxylic acids is 1. The second-order valence-corrected chi connectivity index (χ2v) is 5.87. The van der Waals surface area contributed by atoms with E-state index in [9.17, 15) is 14.9 Å². The smallest absolute Gasteiger partial charge is 0.282 e. The van der Waals surface area contributed by atoms with Crippen molar-refractivity contribution in [3.63, 3.8) is 0 Å². The highest BCUT2D eigenvalue weighted by Crippen LogP contribution is 2.26. The van der Waals surface area contributed by atoms with E-state index in [1.165, 1.54) is 17.8 Å². The zero-order valence-electron chi connectivity index (χ0n) is 12.2. The Morgan fingerprint density at radius 3 is 2.62 bits per heavy atom. The first-order valence-corrected chi connectivity index (χ1v) is 8.08. The van der Waals surface area contributed by atoms with Gasteiger partial charge in [0.25, 0.3) is 11.6 Å². The molecule has 2 rings (SSSR count). The summed E-state index contributed by atoms with van der Waals surface area (Å²) in [6.07, 6.45) is 3.63. The van der Waals surface area contributed by atoms with E-state index in [0.717, 1.165) is 17.7 Å². The van der Waals surface area contributed by atoms with Crippen molar-refractivity contribution >= 4 is 23.4 Å². The molecule has 1 aliphatic heterocycles. The largest absolute Gasteiger partial charge is 0.338 e. The molecule has 1 amide bonds. The first-order chi connectivity index (χ1) is 10.1. The summed E-state index contributed by atoms with van der Waals surface area (Å²) in [5.74, 6) is -0.243. The molecule has 0 bridgehead atoms. The molecule has 1 heterocycles. The lowest BCUT2D eigenvalue weighted by atomic mass is 10.0. The number of likely N-dealkylation sites (tertiary alicyclic amines) is 1. The van der Waals surface area contributed by atoms with Crippen molar-refractivity contribution in [2.24, 2.45) is 0 Å². The van der Waals surface area contributed by atoms with Gasteiger partial charge in [0.15, 0.2) is 0 Å². The van der Waals surface area contributed by atoms with Gasteiger partial charge in [0.05, 0.1) is 4.92 Å². The Kier molecular flexibility index (Phi) is 5.19. The van der Waals surface area contributed by atoms with Crippen molar-refractivity contribution < 1.29 is 9.72 Å². The Balaban J connectivity index is 2.23. The van der Waals surface area contributed by atoms with Gasteiger partial charge in [0, 0.05) is 30.1 Å². The molecule has 1 aromatic rings. The summed E-state index contributed by atoms with van der Waals surface area (Å²) in [6.45, 7) is 1.26. The maximum Gasteiger partial charge on any atom is 0.282 e. The molecule has 0 atom stereocenters. The van der Waals surface area contributed by atoms with Crippen LogP contribution in [-0.4, -0.2) is 48.2 Å². The van der Waals surface area contributed by atoms with Gasteiger partial charge in [0.2, 0.25) is 0 Å². The average molecular weight is 309 g/mol. The highest BCUT2D eigenvalue weighted by molar-refractivity contribution is 7.98. The fourth-order valence-electron chi connectivity index (χ4n) is 2.51. The summed E-state index contributed by atoms with van der Waals surface area (Å²) < 4.78 is 0. The molecule has 6 nitrogen and oxygen atoms in total. The first-order valence-electron chi connectivity index (χ1n) is 6.85. The summed E-state index contributed by atoms with van der Waals surface area (Å²) in [5.41, 5.74) is 0.0725. The summed E-state index contributed by atoms with van der Waals surface area (Å²) in [5, 5.41) is 14.3. The number of nitro benzene ring substituents is 1.